The first-order valence-corrected chi connectivity index (χ1v) is 15.4. The van der Waals surface area contributed by atoms with Gasteiger partial charge in [-0.25, -0.2) is 9.36 Å². The zero-order valence-electron chi connectivity index (χ0n) is 25.0. The summed E-state index contributed by atoms with van der Waals surface area (Å²) in [7, 11) is 1.80. The van der Waals surface area contributed by atoms with Gasteiger partial charge < -0.3 is 4.74 Å². The fraction of sp³-hybridized carbons (Fsp3) is 0.176. The second-order valence-corrected chi connectivity index (χ2v) is 12.5. The molecule has 3 aromatic carbocycles. The highest BCUT2D eigenvalue weighted by Gasteiger charge is 2.38. The maximum atomic E-state index is 14.0. The normalized spacial score (nSPS) is 14.3. The number of carbonyl (C=O) groups excluding carboxylic acids is 1. The van der Waals surface area contributed by atoms with Gasteiger partial charge in [0.2, 0.25) is 0 Å². The summed E-state index contributed by atoms with van der Waals surface area (Å²) in [6.45, 7) is 7.81. The van der Waals surface area contributed by atoms with Gasteiger partial charge in [-0.2, -0.15) is 5.10 Å². The topological polar surface area (TPSA) is 74.3 Å². The van der Waals surface area contributed by atoms with Gasteiger partial charge in [0.25, 0.3) is 11.5 Å². The van der Waals surface area contributed by atoms with Gasteiger partial charge >= 0.3 is 0 Å². The zero-order chi connectivity index (χ0) is 31.1. The molecule has 222 valence electrons. The minimum Gasteiger partial charge on any atom is -0.491 e. The summed E-state index contributed by atoms with van der Waals surface area (Å²) in [5, 5.41) is 4.93. The van der Waals surface area contributed by atoms with Crippen LogP contribution in [-0.4, -0.2) is 35.5 Å². The Hall–Kier alpha value is -4.67. The molecule has 0 saturated carbocycles. The SMILES string of the molecule is Cc1cc(-c2nn(-c3ccccc3)cc2C=C2SC(=S)N(c3c(C)n(C)n(-c4ccccc4)c3=O)C2=O)ccc1OC(C)C. The van der Waals surface area contributed by atoms with Crippen LogP contribution in [0.1, 0.15) is 30.7 Å². The lowest BCUT2D eigenvalue weighted by molar-refractivity contribution is -0.113. The van der Waals surface area contributed by atoms with Gasteiger partial charge in [0, 0.05) is 24.4 Å². The fourth-order valence-electron chi connectivity index (χ4n) is 5.23. The van der Waals surface area contributed by atoms with Gasteiger partial charge in [0.1, 0.15) is 17.1 Å². The first-order chi connectivity index (χ1) is 21.1. The van der Waals surface area contributed by atoms with Gasteiger partial charge in [-0.05, 0) is 81.8 Å². The minimum absolute atomic E-state index is 0.0550. The van der Waals surface area contributed by atoms with Crippen molar-refractivity contribution in [3.8, 4) is 28.4 Å². The van der Waals surface area contributed by atoms with E-state index in [1.807, 2.05) is 119 Å². The molecule has 0 atom stereocenters. The number of carbonyl (C=O) groups is 1. The Kier molecular flexibility index (Phi) is 7.87. The Balaban J connectivity index is 1.43. The summed E-state index contributed by atoms with van der Waals surface area (Å²) in [4.78, 5) is 29.4. The van der Waals surface area contributed by atoms with Crippen LogP contribution >= 0.6 is 24.0 Å². The van der Waals surface area contributed by atoms with E-state index in [4.69, 9.17) is 22.1 Å². The van der Waals surface area contributed by atoms with Gasteiger partial charge in [0.15, 0.2) is 4.32 Å². The molecule has 0 bridgehead atoms. The van der Waals surface area contributed by atoms with Crippen molar-refractivity contribution >= 4 is 46.0 Å². The molecule has 0 radical (unpaired) electrons. The summed E-state index contributed by atoms with van der Waals surface area (Å²) in [5.41, 5.74) is 5.49. The second kappa shape index (κ2) is 11.8. The lowest BCUT2D eigenvalue weighted by atomic mass is 10.0. The Bertz CT molecular complexity index is 1990. The molecule has 1 fully saturated rings. The van der Waals surface area contributed by atoms with Crippen molar-refractivity contribution < 1.29 is 9.53 Å². The molecule has 1 aliphatic rings. The molecule has 1 saturated heterocycles. The molecule has 2 aromatic heterocycles. The Labute approximate surface area is 265 Å². The zero-order valence-corrected chi connectivity index (χ0v) is 26.6. The van der Waals surface area contributed by atoms with Crippen LogP contribution in [-0.2, 0) is 11.8 Å². The average molecular weight is 622 g/mol. The van der Waals surface area contributed by atoms with Crippen molar-refractivity contribution in [2.45, 2.75) is 33.8 Å². The predicted molar refractivity (Wildman–Crippen MR) is 181 cm³/mol. The number of rotatable bonds is 7. The maximum Gasteiger partial charge on any atom is 0.296 e. The summed E-state index contributed by atoms with van der Waals surface area (Å²) >= 11 is 6.87. The van der Waals surface area contributed by atoms with Gasteiger partial charge in [-0.15, -0.1) is 0 Å². The molecule has 44 heavy (non-hydrogen) atoms. The van der Waals surface area contributed by atoms with Crippen LogP contribution in [0.2, 0.25) is 0 Å². The van der Waals surface area contributed by atoms with Crippen molar-refractivity contribution in [3.05, 3.63) is 117 Å². The van der Waals surface area contributed by atoms with E-state index in [9.17, 15) is 9.59 Å². The molecule has 0 spiro atoms. The molecule has 8 nitrogen and oxygen atoms in total. The number of aromatic nitrogens is 4. The van der Waals surface area contributed by atoms with Crippen molar-refractivity contribution in [2.75, 3.05) is 4.90 Å². The summed E-state index contributed by atoms with van der Waals surface area (Å²) in [5.74, 6) is 0.467. The third kappa shape index (κ3) is 5.31. The number of hydrogen-bond donors (Lipinski definition) is 0. The molecule has 5 aromatic rings. The first-order valence-electron chi connectivity index (χ1n) is 14.2. The van der Waals surface area contributed by atoms with Crippen LogP contribution in [0.3, 0.4) is 0 Å². The molecule has 0 unspecified atom stereocenters. The van der Waals surface area contributed by atoms with Crippen LogP contribution in [0.15, 0.2) is 94.8 Å². The monoisotopic (exact) mass is 621 g/mol. The standard InChI is InChI=1S/C34H31N5O3S2/c1-21(2)42-28-17-16-24(18-22(28)3)30-25(20-37(35-30)26-12-8-6-9-13-26)19-29-32(40)38(34(43)44-29)31-23(4)36(5)39(33(31)41)27-14-10-7-11-15-27/h6-21H,1-5H3. The van der Waals surface area contributed by atoms with Crippen LogP contribution in [0.25, 0.3) is 28.7 Å². The van der Waals surface area contributed by atoms with E-state index >= 15 is 0 Å². The van der Waals surface area contributed by atoms with Crippen molar-refractivity contribution in [1.29, 1.82) is 0 Å². The van der Waals surface area contributed by atoms with Crippen LogP contribution in [0, 0.1) is 13.8 Å². The number of ether oxygens (including phenoxy) is 1. The van der Waals surface area contributed by atoms with Crippen LogP contribution in [0.4, 0.5) is 5.69 Å². The van der Waals surface area contributed by atoms with E-state index in [0.717, 1.165) is 28.1 Å². The Morgan fingerprint density at radius 3 is 2.23 bits per heavy atom. The molecule has 10 heteroatoms. The lowest BCUT2D eigenvalue weighted by Crippen LogP contribution is -2.33. The molecule has 0 N–H and O–H groups in total. The van der Waals surface area contributed by atoms with Crippen molar-refractivity contribution in [2.24, 2.45) is 7.05 Å². The maximum absolute atomic E-state index is 14.0. The molecule has 3 heterocycles. The second-order valence-electron chi connectivity index (χ2n) is 10.8. The molecule has 0 aliphatic carbocycles. The minimum atomic E-state index is -0.346. The highest BCUT2D eigenvalue weighted by atomic mass is 32.2. The third-order valence-corrected chi connectivity index (χ3v) is 8.70. The third-order valence-electron chi connectivity index (χ3n) is 7.40. The number of nitrogens with zero attached hydrogens (tertiary/aromatic N) is 5. The number of amides is 1. The molecule has 6 rings (SSSR count). The van der Waals surface area contributed by atoms with E-state index in [0.29, 0.717) is 26.3 Å². The van der Waals surface area contributed by atoms with E-state index in [2.05, 4.69) is 0 Å². The van der Waals surface area contributed by atoms with Crippen LogP contribution in [0.5, 0.6) is 5.75 Å². The van der Waals surface area contributed by atoms with Crippen molar-refractivity contribution in [1.82, 2.24) is 19.1 Å². The predicted octanol–water partition coefficient (Wildman–Crippen LogP) is 6.84. The molecule has 1 aliphatic heterocycles. The average Bonchev–Trinajstić information content (AvgIpc) is 3.62. The van der Waals surface area contributed by atoms with Gasteiger partial charge in [-0.1, -0.05) is 60.4 Å². The summed E-state index contributed by atoms with van der Waals surface area (Å²) in [6, 6.07) is 25.1. The number of hydrogen-bond acceptors (Lipinski definition) is 6. The number of thiocarbonyl (C=S) groups is 1. The highest BCUT2D eigenvalue weighted by Crippen LogP contribution is 2.38. The largest absolute Gasteiger partial charge is 0.491 e. The number of thioether (sulfide) groups is 1. The van der Waals surface area contributed by atoms with E-state index in [-0.39, 0.29) is 23.3 Å². The number of para-hydroxylation sites is 2. The quantitative estimate of drug-likeness (QED) is 0.146. The van der Waals surface area contributed by atoms with Crippen LogP contribution < -0.4 is 15.2 Å². The van der Waals surface area contributed by atoms with Crippen molar-refractivity contribution in [3.63, 3.8) is 0 Å². The summed E-state index contributed by atoms with van der Waals surface area (Å²) < 4.78 is 11.3. The highest BCUT2D eigenvalue weighted by molar-refractivity contribution is 8.27. The van der Waals surface area contributed by atoms with Gasteiger partial charge in [0.05, 0.1) is 28.1 Å². The smallest absolute Gasteiger partial charge is 0.296 e. The molecular weight excluding hydrogens is 591 g/mol. The molecular formula is C34H31N5O3S2. The lowest BCUT2D eigenvalue weighted by Gasteiger charge is -2.13. The van der Waals surface area contributed by atoms with E-state index in [1.165, 1.54) is 16.7 Å². The Morgan fingerprint density at radius 2 is 1.59 bits per heavy atom. The first kappa shape index (κ1) is 29.4. The van der Waals surface area contributed by atoms with E-state index in [1.54, 1.807) is 21.1 Å². The molecule has 1 amide bonds. The summed E-state index contributed by atoms with van der Waals surface area (Å²) in [6.07, 6.45) is 3.77. The number of aryl methyl sites for hydroxylation is 1. The van der Waals surface area contributed by atoms with Gasteiger partial charge in [-0.3, -0.25) is 19.2 Å². The number of benzene rings is 3. The van der Waals surface area contributed by atoms with E-state index < -0.39 is 0 Å². The number of anilines is 1. The fourth-order valence-corrected chi connectivity index (χ4v) is 6.49. The Morgan fingerprint density at radius 1 is 0.932 bits per heavy atom.